The fourth-order valence-electron chi connectivity index (χ4n) is 3.14. The van der Waals surface area contributed by atoms with Gasteiger partial charge < -0.3 is 15.4 Å². The summed E-state index contributed by atoms with van der Waals surface area (Å²) in [6.45, 7) is 2.72. The van der Waals surface area contributed by atoms with Gasteiger partial charge in [-0.15, -0.1) is 0 Å². The van der Waals surface area contributed by atoms with Crippen molar-refractivity contribution in [3.63, 3.8) is 0 Å². The minimum atomic E-state index is -0.370. The van der Waals surface area contributed by atoms with E-state index >= 15 is 0 Å². The molecule has 22 heavy (non-hydrogen) atoms. The first-order valence-electron chi connectivity index (χ1n) is 7.81. The Morgan fingerprint density at radius 3 is 2.77 bits per heavy atom. The number of likely N-dealkylation sites (tertiary alicyclic amines) is 1. The normalized spacial score (nSPS) is 21.7. The summed E-state index contributed by atoms with van der Waals surface area (Å²) in [7, 11) is 1.60. The third-order valence-corrected chi connectivity index (χ3v) is 4.28. The molecule has 2 N–H and O–H groups in total. The molecule has 0 radical (unpaired) electrons. The Morgan fingerprint density at radius 2 is 2.14 bits per heavy atom. The highest BCUT2D eigenvalue weighted by Crippen LogP contribution is 2.40. The summed E-state index contributed by atoms with van der Waals surface area (Å²) in [5.74, 6) is 0.0487. The molecule has 1 aromatic rings. The van der Waals surface area contributed by atoms with Crippen molar-refractivity contribution in [1.82, 2.24) is 4.90 Å². The Hall–Kier alpha value is -2.04. The molecule has 1 fully saturated rings. The largest absolute Gasteiger partial charge is 0.496 e. The van der Waals surface area contributed by atoms with Gasteiger partial charge in [0.15, 0.2) is 0 Å². The summed E-state index contributed by atoms with van der Waals surface area (Å²) in [6.07, 6.45) is 2.77. The third kappa shape index (κ3) is 3.24. The van der Waals surface area contributed by atoms with E-state index in [0.29, 0.717) is 25.1 Å². The minimum absolute atomic E-state index is 0.0851. The van der Waals surface area contributed by atoms with Crippen molar-refractivity contribution in [3.05, 3.63) is 29.8 Å². The number of amides is 2. The van der Waals surface area contributed by atoms with Crippen LogP contribution < -0.4 is 10.5 Å². The molecule has 5 heteroatoms. The molecule has 1 heterocycles. The quantitative estimate of drug-likeness (QED) is 0.876. The summed E-state index contributed by atoms with van der Waals surface area (Å²) in [5.41, 5.74) is 6.46. The molecule has 0 unspecified atom stereocenters. The van der Waals surface area contributed by atoms with Gasteiger partial charge in [0.05, 0.1) is 19.1 Å². The molecule has 0 saturated carbocycles. The standard InChI is InChI=1S/C17H24N2O3/c1-3-4-11-19-15(20)10-9-13(17(18)21)16(19)12-7-5-6-8-14(12)22-2/h5-8,13,16H,3-4,9-11H2,1-2H3,(H2,18,21)/t13-,16-/m1/s1. The Kier molecular flexibility index (Phi) is 5.41. The second-order valence-electron chi connectivity index (χ2n) is 5.68. The zero-order valence-corrected chi connectivity index (χ0v) is 13.2. The maximum Gasteiger partial charge on any atom is 0.223 e. The van der Waals surface area contributed by atoms with Gasteiger partial charge in [-0.1, -0.05) is 31.5 Å². The smallest absolute Gasteiger partial charge is 0.223 e. The number of ether oxygens (including phenoxy) is 1. The van der Waals surface area contributed by atoms with Crippen molar-refractivity contribution in [1.29, 1.82) is 0 Å². The van der Waals surface area contributed by atoms with Crippen LogP contribution in [0, 0.1) is 5.92 Å². The summed E-state index contributed by atoms with van der Waals surface area (Å²) >= 11 is 0. The Morgan fingerprint density at radius 1 is 1.41 bits per heavy atom. The van der Waals surface area contributed by atoms with Crippen LogP contribution in [-0.4, -0.2) is 30.4 Å². The summed E-state index contributed by atoms with van der Waals surface area (Å²) in [5, 5.41) is 0. The molecular formula is C17H24N2O3. The van der Waals surface area contributed by atoms with Gasteiger partial charge in [-0.2, -0.15) is 0 Å². The van der Waals surface area contributed by atoms with Crippen molar-refractivity contribution < 1.29 is 14.3 Å². The molecule has 2 amide bonds. The van der Waals surface area contributed by atoms with Crippen LogP contribution in [0.2, 0.25) is 0 Å². The molecule has 1 saturated heterocycles. The number of para-hydroxylation sites is 1. The van der Waals surface area contributed by atoms with Gasteiger partial charge in [0.1, 0.15) is 5.75 Å². The fraction of sp³-hybridized carbons (Fsp3) is 0.529. The highest BCUT2D eigenvalue weighted by Gasteiger charge is 2.40. The summed E-state index contributed by atoms with van der Waals surface area (Å²) in [6, 6.07) is 7.21. The van der Waals surface area contributed by atoms with Crippen LogP contribution in [0.4, 0.5) is 0 Å². The van der Waals surface area contributed by atoms with Crippen LogP contribution in [0.15, 0.2) is 24.3 Å². The van der Waals surface area contributed by atoms with E-state index in [1.807, 2.05) is 24.3 Å². The lowest BCUT2D eigenvalue weighted by Crippen LogP contribution is -2.47. The minimum Gasteiger partial charge on any atom is -0.496 e. The lowest BCUT2D eigenvalue weighted by molar-refractivity contribution is -0.142. The molecule has 5 nitrogen and oxygen atoms in total. The number of hydrogen-bond donors (Lipinski definition) is 1. The molecule has 0 spiro atoms. The number of nitrogens with two attached hydrogens (primary N) is 1. The Bertz CT molecular complexity index is 544. The van der Waals surface area contributed by atoms with Crippen molar-refractivity contribution >= 4 is 11.8 Å². The number of carbonyl (C=O) groups excluding carboxylic acids is 2. The maximum absolute atomic E-state index is 12.4. The van der Waals surface area contributed by atoms with E-state index in [0.717, 1.165) is 18.4 Å². The molecule has 2 atom stereocenters. The monoisotopic (exact) mass is 304 g/mol. The van der Waals surface area contributed by atoms with Gasteiger partial charge in [0.25, 0.3) is 0 Å². The van der Waals surface area contributed by atoms with E-state index in [9.17, 15) is 9.59 Å². The van der Waals surface area contributed by atoms with E-state index in [1.165, 1.54) is 0 Å². The number of primary amides is 1. The molecule has 2 rings (SSSR count). The molecule has 1 aromatic carbocycles. The maximum atomic E-state index is 12.4. The summed E-state index contributed by atoms with van der Waals surface area (Å²) < 4.78 is 5.42. The van der Waals surface area contributed by atoms with Crippen molar-refractivity contribution in [2.45, 2.75) is 38.6 Å². The first kappa shape index (κ1) is 16.3. The van der Waals surface area contributed by atoms with E-state index < -0.39 is 0 Å². The van der Waals surface area contributed by atoms with E-state index in [4.69, 9.17) is 10.5 Å². The zero-order chi connectivity index (χ0) is 16.1. The Balaban J connectivity index is 2.44. The average Bonchev–Trinajstić information content (AvgIpc) is 2.53. The number of piperidine rings is 1. The first-order chi connectivity index (χ1) is 10.6. The first-order valence-corrected chi connectivity index (χ1v) is 7.81. The lowest BCUT2D eigenvalue weighted by Gasteiger charge is -2.40. The average molecular weight is 304 g/mol. The molecular weight excluding hydrogens is 280 g/mol. The number of unbranched alkanes of at least 4 members (excludes halogenated alkanes) is 1. The molecule has 0 bridgehead atoms. The zero-order valence-electron chi connectivity index (χ0n) is 13.2. The number of benzene rings is 1. The predicted molar refractivity (Wildman–Crippen MR) is 84.3 cm³/mol. The third-order valence-electron chi connectivity index (χ3n) is 4.28. The van der Waals surface area contributed by atoms with Crippen LogP contribution in [0.1, 0.15) is 44.2 Å². The van der Waals surface area contributed by atoms with Crippen LogP contribution in [0.3, 0.4) is 0 Å². The highest BCUT2D eigenvalue weighted by atomic mass is 16.5. The number of carbonyl (C=O) groups is 2. The SMILES string of the molecule is CCCCN1C(=O)CC[C@@H](C(N)=O)[C@H]1c1ccccc1OC. The van der Waals surface area contributed by atoms with Crippen molar-refractivity contribution in [3.8, 4) is 5.75 Å². The summed E-state index contributed by atoms with van der Waals surface area (Å²) in [4.78, 5) is 26.1. The van der Waals surface area contributed by atoms with Crippen molar-refractivity contribution in [2.75, 3.05) is 13.7 Å². The van der Waals surface area contributed by atoms with E-state index in [-0.39, 0.29) is 23.8 Å². The van der Waals surface area contributed by atoms with Gasteiger partial charge in [-0.25, -0.2) is 0 Å². The number of rotatable bonds is 6. The van der Waals surface area contributed by atoms with Crippen molar-refractivity contribution in [2.24, 2.45) is 11.7 Å². The van der Waals surface area contributed by atoms with Crippen LogP contribution in [-0.2, 0) is 9.59 Å². The molecule has 0 aliphatic carbocycles. The van der Waals surface area contributed by atoms with Crippen LogP contribution in [0.25, 0.3) is 0 Å². The van der Waals surface area contributed by atoms with E-state index in [1.54, 1.807) is 12.0 Å². The van der Waals surface area contributed by atoms with Gasteiger partial charge in [-0.05, 0) is 18.9 Å². The van der Waals surface area contributed by atoms with Crippen LogP contribution in [0.5, 0.6) is 5.75 Å². The molecule has 0 aromatic heterocycles. The van der Waals surface area contributed by atoms with Gasteiger partial charge in [0.2, 0.25) is 11.8 Å². The van der Waals surface area contributed by atoms with Gasteiger partial charge in [-0.3, -0.25) is 9.59 Å². The number of hydrogen-bond acceptors (Lipinski definition) is 3. The second kappa shape index (κ2) is 7.29. The van der Waals surface area contributed by atoms with Gasteiger partial charge in [0, 0.05) is 18.5 Å². The van der Waals surface area contributed by atoms with Gasteiger partial charge >= 0.3 is 0 Å². The van der Waals surface area contributed by atoms with Crippen LogP contribution >= 0.6 is 0 Å². The fourth-order valence-corrected chi connectivity index (χ4v) is 3.14. The number of nitrogens with zero attached hydrogens (tertiary/aromatic N) is 1. The molecule has 1 aliphatic heterocycles. The lowest BCUT2D eigenvalue weighted by atomic mass is 9.83. The van der Waals surface area contributed by atoms with E-state index in [2.05, 4.69) is 6.92 Å². The molecule has 120 valence electrons. The Labute approximate surface area is 131 Å². The predicted octanol–water partition coefficient (Wildman–Crippen LogP) is 2.26. The second-order valence-corrected chi connectivity index (χ2v) is 5.68. The number of methoxy groups -OCH3 is 1. The molecule has 1 aliphatic rings. The highest BCUT2D eigenvalue weighted by molar-refractivity contribution is 5.84. The topological polar surface area (TPSA) is 72.6 Å².